The summed E-state index contributed by atoms with van der Waals surface area (Å²) in [6.07, 6.45) is 3.09. The molecule has 2 aromatic heterocycles. The molecule has 4 rings (SSSR count). The van der Waals surface area contributed by atoms with Gasteiger partial charge in [0.2, 0.25) is 0 Å². The Bertz CT molecular complexity index is 1080. The Morgan fingerprint density at radius 1 is 1.26 bits per heavy atom. The zero-order valence-electron chi connectivity index (χ0n) is 14.6. The molecule has 27 heavy (non-hydrogen) atoms. The number of hydrogen-bond acceptors (Lipinski definition) is 6. The molecule has 0 atom stereocenters. The first-order valence-electron chi connectivity index (χ1n) is 8.68. The molecule has 0 bridgehead atoms. The smallest absolute Gasteiger partial charge is 0.273 e. The average molecular weight is 443 g/mol. The lowest BCUT2D eigenvalue weighted by Gasteiger charge is -2.23. The summed E-state index contributed by atoms with van der Waals surface area (Å²) in [4.78, 5) is 4.50. The van der Waals surface area contributed by atoms with E-state index in [2.05, 4.69) is 9.71 Å². The van der Waals surface area contributed by atoms with E-state index >= 15 is 0 Å². The van der Waals surface area contributed by atoms with E-state index in [0.717, 1.165) is 41.5 Å². The van der Waals surface area contributed by atoms with E-state index in [1.54, 1.807) is 19.1 Å². The number of benzene rings is 1. The number of sulfonamides is 1. The number of nitrogens with zero attached hydrogens (tertiary/aromatic N) is 1. The van der Waals surface area contributed by atoms with Crippen LogP contribution in [0.15, 0.2) is 27.8 Å². The standard InChI is InChI=1S/C18H19ClN2O3S3/c1-10-14-8-12(19)4-7-16(14)26-17(10)27(23,24)21-18-20-15(9-25-18)11-2-5-13(22)6-3-11/h4,7-9,11,13,22H,2-3,5-6H2,1H3,(H,20,21). The molecule has 2 N–H and O–H groups in total. The molecule has 0 aliphatic heterocycles. The molecule has 3 aromatic rings. The summed E-state index contributed by atoms with van der Waals surface area (Å²) in [5.41, 5.74) is 1.60. The number of aliphatic hydroxyl groups is 1. The second-order valence-electron chi connectivity index (χ2n) is 6.84. The molecule has 0 amide bonds. The summed E-state index contributed by atoms with van der Waals surface area (Å²) >= 11 is 8.58. The van der Waals surface area contributed by atoms with Gasteiger partial charge in [0.05, 0.1) is 11.8 Å². The third kappa shape index (κ3) is 3.86. The minimum atomic E-state index is -3.71. The van der Waals surface area contributed by atoms with E-state index in [1.807, 2.05) is 11.4 Å². The van der Waals surface area contributed by atoms with E-state index in [9.17, 15) is 13.5 Å². The van der Waals surface area contributed by atoms with Gasteiger partial charge in [-0.3, -0.25) is 4.72 Å². The highest BCUT2D eigenvalue weighted by Gasteiger charge is 2.26. The molecule has 144 valence electrons. The highest BCUT2D eigenvalue weighted by molar-refractivity contribution is 7.95. The van der Waals surface area contributed by atoms with Gasteiger partial charge < -0.3 is 5.11 Å². The van der Waals surface area contributed by atoms with Crippen molar-refractivity contribution in [2.24, 2.45) is 0 Å². The van der Waals surface area contributed by atoms with Crippen LogP contribution >= 0.6 is 34.3 Å². The van der Waals surface area contributed by atoms with E-state index in [-0.39, 0.29) is 16.2 Å². The quantitative estimate of drug-likeness (QED) is 0.586. The fourth-order valence-electron chi connectivity index (χ4n) is 3.48. The molecule has 0 saturated heterocycles. The number of anilines is 1. The molecule has 1 fully saturated rings. The van der Waals surface area contributed by atoms with Crippen molar-refractivity contribution >= 4 is 59.5 Å². The molecular weight excluding hydrogens is 424 g/mol. The summed E-state index contributed by atoms with van der Waals surface area (Å²) in [5.74, 6) is 0.288. The second-order valence-corrected chi connectivity index (χ2v) is 11.1. The number of halogens is 1. The van der Waals surface area contributed by atoms with Crippen LogP contribution in [0.25, 0.3) is 10.1 Å². The summed E-state index contributed by atoms with van der Waals surface area (Å²) in [6, 6.07) is 5.39. The SMILES string of the molecule is Cc1c(S(=O)(=O)Nc2nc(C3CCC(O)CC3)cs2)sc2ccc(Cl)cc12. The predicted octanol–water partition coefficient (Wildman–Crippen LogP) is 5.14. The molecule has 1 aliphatic carbocycles. The van der Waals surface area contributed by atoms with E-state index < -0.39 is 10.0 Å². The van der Waals surface area contributed by atoms with Crippen LogP contribution in [0.1, 0.15) is 42.9 Å². The highest BCUT2D eigenvalue weighted by Crippen LogP contribution is 2.38. The van der Waals surface area contributed by atoms with Gasteiger partial charge in [0, 0.05) is 21.0 Å². The van der Waals surface area contributed by atoms with E-state index in [1.165, 1.54) is 22.7 Å². The number of nitrogens with one attached hydrogen (secondary N) is 1. The molecule has 0 unspecified atom stereocenters. The van der Waals surface area contributed by atoms with Crippen molar-refractivity contribution in [3.05, 3.63) is 39.9 Å². The summed E-state index contributed by atoms with van der Waals surface area (Å²) in [6.45, 7) is 1.80. The van der Waals surface area contributed by atoms with E-state index in [0.29, 0.717) is 15.7 Å². The van der Waals surface area contributed by atoms with Gasteiger partial charge in [-0.25, -0.2) is 13.4 Å². The Balaban J connectivity index is 1.58. The van der Waals surface area contributed by atoms with Gasteiger partial charge in [0.25, 0.3) is 10.0 Å². The summed E-state index contributed by atoms with van der Waals surface area (Å²) in [7, 11) is -3.71. The third-order valence-electron chi connectivity index (χ3n) is 4.96. The lowest BCUT2D eigenvalue weighted by Crippen LogP contribution is -2.17. The summed E-state index contributed by atoms with van der Waals surface area (Å²) < 4.78 is 29.6. The number of aryl methyl sites for hydroxylation is 1. The van der Waals surface area contributed by atoms with Gasteiger partial charge in [-0.05, 0) is 61.8 Å². The van der Waals surface area contributed by atoms with Crippen LogP contribution in [0, 0.1) is 6.92 Å². The average Bonchev–Trinajstić information content (AvgIpc) is 3.21. The number of fused-ring (bicyclic) bond motifs is 1. The maximum atomic E-state index is 12.9. The molecule has 0 radical (unpaired) electrons. The number of aromatic nitrogens is 1. The Kier molecular flexibility index (Phi) is 5.20. The Morgan fingerprint density at radius 3 is 2.74 bits per heavy atom. The topological polar surface area (TPSA) is 79.3 Å². The Labute approximate surface area is 171 Å². The van der Waals surface area contributed by atoms with Crippen LogP contribution in [-0.4, -0.2) is 24.6 Å². The minimum absolute atomic E-state index is 0.220. The van der Waals surface area contributed by atoms with Gasteiger partial charge in [0.1, 0.15) is 4.21 Å². The first kappa shape index (κ1) is 19.1. The number of rotatable bonds is 4. The van der Waals surface area contributed by atoms with Crippen LogP contribution in [0.2, 0.25) is 5.02 Å². The molecule has 2 heterocycles. The zero-order chi connectivity index (χ0) is 19.2. The maximum Gasteiger partial charge on any atom is 0.273 e. The monoisotopic (exact) mass is 442 g/mol. The zero-order valence-corrected chi connectivity index (χ0v) is 17.8. The Hall–Kier alpha value is -1.19. The van der Waals surface area contributed by atoms with Crippen LogP contribution in [0.3, 0.4) is 0 Å². The lowest BCUT2D eigenvalue weighted by atomic mass is 9.86. The third-order valence-corrected chi connectivity index (χ3v) is 9.33. The molecule has 1 aliphatic rings. The molecule has 1 saturated carbocycles. The van der Waals surface area contributed by atoms with Crippen LogP contribution in [-0.2, 0) is 10.0 Å². The second kappa shape index (κ2) is 7.33. The van der Waals surface area contributed by atoms with Crippen molar-refractivity contribution in [3.8, 4) is 0 Å². The Morgan fingerprint density at radius 2 is 2.00 bits per heavy atom. The molecule has 9 heteroatoms. The van der Waals surface area contributed by atoms with Gasteiger partial charge in [-0.2, -0.15) is 0 Å². The predicted molar refractivity (Wildman–Crippen MR) is 112 cm³/mol. The normalized spacial score (nSPS) is 20.9. The van der Waals surface area contributed by atoms with Crippen molar-refractivity contribution in [1.82, 2.24) is 4.98 Å². The fraction of sp³-hybridized carbons (Fsp3) is 0.389. The molecule has 0 spiro atoms. The van der Waals surface area contributed by atoms with Gasteiger partial charge >= 0.3 is 0 Å². The van der Waals surface area contributed by atoms with Crippen LogP contribution in [0.4, 0.5) is 5.13 Å². The van der Waals surface area contributed by atoms with Gasteiger partial charge in [-0.15, -0.1) is 22.7 Å². The number of hydrogen-bond donors (Lipinski definition) is 2. The van der Waals surface area contributed by atoms with Crippen molar-refractivity contribution < 1.29 is 13.5 Å². The van der Waals surface area contributed by atoms with Crippen molar-refractivity contribution in [1.29, 1.82) is 0 Å². The molecule has 1 aromatic carbocycles. The first-order chi connectivity index (χ1) is 12.8. The van der Waals surface area contributed by atoms with Crippen LogP contribution in [0.5, 0.6) is 0 Å². The lowest BCUT2D eigenvalue weighted by molar-refractivity contribution is 0.122. The number of thiazole rings is 1. The molecular formula is C18H19ClN2O3S3. The number of aliphatic hydroxyl groups excluding tert-OH is 1. The largest absolute Gasteiger partial charge is 0.393 e. The van der Waals surface area contributed by atoms with Crippen molar-refractivity contribution in [2.75, 3.05) is 4.72 Å². The fourth-order valence-corrected chi connectivity index (χ4v) is 7.45. The van der Waals surface area contributed by atoms with Gasteiger partial charge in [0.15, 0.2) is 5.13 Å². The maximum absolute atomic E-state index is 12.9. The molecule has 5 nitrogen and oxygen atoms in total. The number of thiophene rings is 1. The summed E-state index contributed by atoms with van der Waals surface area (Å²) in [5, 5.41) is 13.4. The minimum Gasteiger partial charge on any atom is -0.393 e. The van der Waals surface area contributed by atoms with Crippen LogP contribution < -0.4 is 4.72 Å². The van der Waals surface area contributed by atoms with Crippen molar-refractivity contribution in [2.45, 2.75) is 48.8 Å². The highest BCUT2D eigenvalue weighted by atomic mass is 35.5. The van der Waals surface area contributed by atoms with E-state index in [4.69, 9.17) is 11.6 Å². The first-order valence-corrected chi connectivity index (χ1v) is 12.2. The van der Waals surface area contributed by atoms with Crippen molar-refractivity contribution in [3.63, 3.8) is 0 Å². The van der Waals surface area contributed by atoms with Gasteiger partial charge in [-0.1, -0.05) is 11.6 Å².